The Kier molecular flexibility index (Phi) is 4.02. The number of hydrogen-bond acceptors (Lipinski definition) is 1. The van der Waals surface area contributed by atoms with Crippen LogP contribution in [0.25, 0.3) is 0 Å². The molecule has 1 amide bonds. The molecule has 98 valence electrons. The van der Waals surface area contributed by atoms with E-state index < -0.39 is 0 Å². The molecule has 2 rings (SSSR count). The normalized spacial score (nSPS) is 32.1. The average molecular weight is 258 g/mol. The van der Waals surface area contributed by atoms with E-state index in [4.69, 9.17) is 11.6 Å². The number of hydrogen-bond donors (Lipinski definition) is 0. The van der Waals surface area contributed by atoms with Crippen LogP contribution in [0.4, 0.5) is 0 Å². The highest BCUT2D eigenvalue weighted by Crippen LogP contribution is 2.44. The van der Waals surface area contributed by atoms with Crippen LogP contribution in [0.15, 0.2) is 0 Å². The standard InChI is InChI=1S/C14H24ClNO/c1-3-14(7-4-5-8-14)13(17)16-9-6-11(2)12(16)10-15/h11-12H,3-10H2,1-2H3. The third-order valence-corrected chi connectivity index (χ3v) is 5.31. The van der Waals surface area contributed by atoms with Gasteiger partial charge in [0.05, 0.1) is 0 Å². The lowest BCUT2D eigenvalue weighted by Gasteiger charge is -2.35. The van der Waals surface area contributed by atoms with Crippen molar-refractivity contribution < 1.29 is 4.79 Å². The van der Waals surface area contributed by atoms with Crippen LogP contribution in [0.3, 0.4) is 0 Å². The summed E-state index contributed by atoms with van der Waals surface area (Å²) in [5, 5.41) is 0. The summed E-state index contributed by atoms with van der Waals surface area (Å²) in [6, 6.07) is 0.271. The number of halogens is 1. The Labute approximate surface area is 110 Å². The van der Waals surface area contributed by atoms with E-state index in [0.717, 1.165) is 32.2 Å². The third-order valence-electron chi connectivity index (χ3n) is 4.99. The molecular weight excluding hydrogens is 234 g/mol. The molecule has 0 spiro atoms. The summed E-state index contributed by atoms with van der Waals surface area (Å²) in [5.41, 5.74) is -0.0473. The van der Waals surface area contributed by atoms with Gasteiger partial charge in [-0.3, -0.25) is 4.79 Å². The summed E-state index contributed by atoms with van der Waals surface area (Å²) in [6.07, 6.45) is 6.71. The van der Waals surface area contributed by atoms with Crippen molar-refractivity contribution in [2.75, 3.05) is 12.4 Å². The average Bonchev–Trinajstić information content (AvgIpc) is 2.95. The van der Waals surface area contributed by atoms with Gasteiger partial charge in [-0.2, -0.15) is 0 Å². The molecule has 0 radical (unpaired) electrons. The Morgan fingerprint density at radius 1 is 1.41 bits per heavy atom. The quantitative estimate of drug-likeness (QED) is 0.710. The summed E-state index contributed by atoms with van der Waals surface area (Å²) in [5.74, 6) is 1.55. The van der Waals surface area contributed by atoms with E-state index in [1.807, 2.05) is 0 Å². The van der Waals surface area contributed by atoms with Crippen molar-refractivity contribution >= 4 is 17.5 Å². The van der Waals surface area contributed by atoms with Crippen LogP contribution in [-0.2, 0) is 4.79 Å². The Morgan fingerprint density at radius 2 is 2.06 bits per heavy atom. The summed E-state index contributed by atoms with van der Waals surface area (Å²) in [7, 11) is 0. The van der Waals surface area contributed by atoms with Gasteiger partial charge in [-0.25, -0.2) is 0 Å². The molecule has 0 bridgehead atoms. The lowest BCUT2D eigenvalue weighted by molar-refractivity contribution is -0.143. The first kappa shape index (κ1) is 13.2. The number of nitrogens with zero attached hydrogens (tertiary/aromatic N) is 1. The molecule has 17 heavy (non-hydrogen) atoms. The number of carbonyl (C=O) groups is 1. The largest absolute Gasteiger partial charge is 0.338 e. The number of amides is 1. The van der Waals surface area contributed by atoms with Gasteiger partial charge in [-0.15, -0.1) is 11.6 Å². The number of alkyl halides is 1. The van der Waals surface area contributed by atoms with Gasteiger partial charge in [0.15, 0.2) is 0 Å². The fourth-order valence-electron chi connectivity index (χ4n) is 3.57. The second-order valence-corrected chi connectivity index (χ2v) is 6.14. The molecule has 1 aliphatic heterocycles. The van der Waals surface area contributed by atoms with Crippen LogP contribution in [0, 0.1) is 11.3 Å². The van der Waals surface area contributed by atoms with Gasteiger partial charge >= 0.3 is 0 Å². The first-order valence-corrected chi connectivity index (χ1v) is 7.55. The fourth-order valence-corrected chi connectivity index (χ4v) is 4.04. The SMILES string of the molecule is CCC1(C(=O)N2CCC(C)C2CCl)CCCC1. The van der Waals surface area contributed by atoms with Crippen LogP contribution in [0.1, 0.15) is 52.4 Å². The zero-order chi connectivity index (χ0) is 12.5. The van der Waals surface area contributed by atoms with Crippen LogP contribution < -0.4 is 0 Å². The summed E-state index contributed by atoms with van der Waals surface area (Å²) < 4.78 is 0. The van der Waals surface area contributed by atoms with Crippen LogP contribution in [-0.4, -0.2) is 29.3 Å². The number of rotatable bonds is 3. The maximum Gasteiger partial charge on any atom is 0.229 e. The predicted octanol–water partition coefficient (Wildman–Crippen LogP) is 3.43. The number of carbonyl (C=O) groups excluding carboxylic acids is 1. The van der Waals surface area contributed by atoms with Gasteiger partial charge in [-0.05, 0) is 31.6 Å². The van der Waals surface area contributed by atoms with Crippen molar-refractivity contribution in [2.45, 2.75) is 58.4 Å². The van der Waals surface area contributed by atoms with Gasteiger partial charge in [-0.1, -0.05) is 26.7 Å². The van der Waals surface area contributed by atoms with Crippen molar-refractivity contribution in [1.29, 1.82) is 0 Å². The molecule has 1 saturated carbocycles. The third kappa shape index (κ3) is 2.21. The maximum absolute atomic E-state index is 12.8. The molecule has 0 aromatic rings. The molecule has 0 N–H and O–H groups in total. The zero-order valence-corrected chi connectivity index (χ0v) is 11.8. The minimum atomic E-state index is -0.0473. The second kappa shape index (κ2) is 5.17. The number of likely N-dealkylation sites (tertiary alicyclic amines) is 1. The second-order valence-electron chi connectivity index (χ2n) is 5.83. The molecule has 3 heteroatoms. The van der Waals surface area contributed by atoms with E-state index in [1.54, 1.807) is 0 Å². The molecule has 2 aliphatic rings. The highest BCUT2D eigenvalue weighted by Gasteiger charge is 2.45. The first-order chi connectivity index (χ1) is 8.14. The topological polar surface area (TPSA) is 20.3 Å². The predicted molar refractivity (Wildman–Crippen MR) is 71.2 cm³/mol. The van der Waals surface area contributed by atoms with Crippen molar-refractivity contribution in [3.05, 3.63) is 0 Å². The van der Waals surface area contributed by atoms with Crippen molar-refractivity contribution in [3.8, 4) is 0 Å². The first-order valence-electron chi connectivity index (χ1n) is 7.01. The van der Waals surface area contributed by atoms with Gasteiger partial charge in [0.25, 0.3) is 0 Å². The van der Waals surface area contributed by atoms with Crippen LogP contribution in [0.5, 0.6) is 0 Å². The van der Waals surface area contributed by atoms with Gasteiger partial charge < -0.3 is 4.90 Å². The van der Waals surface area contributed by atoms with Crippen LogP contribution >= 0.6 is 11.6 Å². The smallest absolute Gasteiger partial charge is 0.229 e. The summed E-state index contributed by atoms with van der Waals surface area (Å²) in [4.78, 5) is 14.9. The summed E-state index contributed by atoms with van der Waals surface area (Å²) in [6.45, 7) is 5.30. The van der Waals surface area contributed by atoms with Crippen molar-refractivity contribution in [1.82, 2.24) is 4.90 Å². The lowest BCUT2D eigenvalue weighted by Crippen LogP contribution is -2.46. The fraction of sp³-hybridized carbons (Fsp3) is 0.929. The van der Waals surface area contributed by atoms with Gasteiger partial charge in [0, 0.05) is 23.9 Å². The molecule has 0 aromatic heterocycles. The molecule has 1 saturated heterocycles. The van der Waals surface area contributed by atoms with Crippen LogP contribution in [0.2, 0.25) is 0 Å². The van der Waals surface area contributed by atoms with Gasteiger partial charge in [0.1, 0.15) is 0 Å². The Bertz CT molecular complexity index is 286. The Hall–Kier alpha value is -0.240. The molecular formula is C14H24ClNO. The monoisotopic (exact) mass is 257 g/mol. The molecule has 2 atom stereocenters. The van der Waals surface area contributed by atoms with E-state index in [-0.39, 0.29) is 11.5 Å². The van der Waals surface area contributed by atoms with E-state index in [2.05, 4.69) is 18.7 Å². The molecule has 0 aromatic carbocycles. The van der Waals surface area contributed by atoms with Crippen molar-refractivity contribution in [3.63, 3.8) is 0 Å². The maximum atomic E-state index is 12.8. The molecule has 2 nitrogen and oxygen atoms in total. The zero-order valence-electron chi connectivity index (χ0n) is 11.0. The van der Waals surface area contributed by atoms with E-state index >= 15 is 0 Å². The Morgan fingerprint density at radius 3 is 2.59 bits per heavy atom. The van der Waals surface area contributed by atoms with E-state index in [1.165, 1.54) is 12.8 Å². The molecule has 1 aliphatic carbocycles. The van der Waals surface area contributed by atoms with Gasteiger partial charge in [0.2, 0.25) is 5.91 Å². The minimum Gasteiger partial charge on any atom is -0.338 e. The highest BCUT2D eigenvalue weighted by atomic mass is 35.5. The highest BCUT2D eigenvalue weighted by molar-refractivity contribution is 6.18. The molecule has 2 fully saturated rings. The Balaban J connectivity index is 2.13. The molecule has 2 unspecified atom stereocenters. The van der Waals surface area contributed by atoms with E-state index in [0.29, 0.717) is 17.7 Å². The van der Waals surface area contributed by atoms with Crippen molar-refractivity contribution in [2.24, 2.45) is 11.3 Å². The minimum absolute atomic E-state index is 0.0473. The lowest BCUT2D eigenvalue weighted by atomic mass is 9.81. The van der Waals surface area contributed by atoms with E-state index in [9.17, 15) is 4.79 Å². The summed E-state index contributed by atoms with van der Waals surface area (Å²) >= 11 is 6.04. The molecule has 1 heterocycles.